The molecular formula is C16H26N2O. The number of hydrogen-bond acceptors (Lipinski definition) is 3. The van der Waals surface area contributed by atoms with E-state index < -0.39 is 0 Å². The van der Waals surface area contributed by atoms with Gasteiger partial charge in [-0.3, -0.25) is 4.90 Å². The van der Waals surface area contributed by atoms with Crippen LogP contribution in [0.25, 0.3) is 0 Å². The second kappa shape index (κ2) is 6.92. The molecule has 0 bridgehead atoms. The summed E-state index contributed by atoms with van der Waals surface area (Å²) in [6.45, 7) is 5.43. The summed E-state index contributed by atoms with van der Waals surface area (Å²) in [5.74, 6) is 1.75. The van der Waals surface area contributed by atoms with Gasteiger partial charge in [-0.15, -0.1) is 0 Å². The van der Waals surface area contributed by atoms with E-state index in [0.29, 0.717) is 6.04 Å². The summed E-state index contributed by atoms with van der Waals surface area (Å²) in [5, 5.41) is 0. The average Bonchev–Trinajstić information content (AvgIpc) is 2.46. The number of likely N-dealkylation sites (tertiary alicyclic amines) is 1. The lowest BCUT2D eigenvalue weighted by atomic mass is 9.92. The maximum Gasteiger partial charge on any atom is 0.118 e. The number of ether oxygens (including phenoxy) is 1. The maximum absolute atomic E-state index is 5.90. The van der Waals surface area contributed by atoms with Crippen molar-refractivity contribution >= 4 is 0 Å². The van der Waals surface area contributed by atoms with Gasteiger partial charge >= 0.3 is 0 Å². The van der Waals surface area contributed by atoms with Gasteiger partial charge in [0.25, 0.3) is 0 Å². The third-order valence-corrected chi connectivity index (χ3v) is 4.22. The second-order valence-corrected chi connectivity index (χ2v) is 5.65. The smallest absolute Gasteiger partial charge is 0.118 e. The summed E-state index contributed by atoms with van der Waals surface area (Å²) in [6, 6.07) is 8.95. The molecule has 1 aliphatic heterocycles. The Labute approximate surface area is 116 Å². The summed E-state index contributed by atoms with van der Waals surface area (Å²) >= 11 is 0. The molecule has 0 aliphatic carbocycles. The second-order valence-electron chi connectivity index (χ2n) is 5.65. The Morgan fingerprint density at radius 1 is 1.32 bits per heavy atom. The first-order valence-electron chi connectivity index (χ1n) is 7.30. The molecule has 2 unspecified atom stereocenters. The zero-order chi connectivity index (χ0) is 13.7. The predicted molar refractivity (Wildman–Crippen MR) is 79.5 cm³/mol. The number of nitrogens with zero attached hydrogens (tertiary/aromatic N) is 1. The number of rotatable bonds is 5. The van der Waals surface area contributed by atoms with Crippen LogP contribution in [-0.2, 0) is 6.42 Å². The van der Waals surface area contributed by atoms with E-state index in [-0.39, 0.29) is 0 Å². The molecule has 1 heterocycles. The molecule has 0 saturated carbocycles. The van der Waals surface area contributed by atoms with E-state index >= 15 is 0 Å². The maximum atomic E-state index is 5.90. The number of piperidine rings is 1. The Bertz CT molecular complexity index is 377. The largest absolute Gasteiger partial charge is 0.497 e. The normalized spacial score (nSPS) is 24.4. The van der Waals surface area contributed by atoms with Crippen molar-refractivity contribution in [1.82, 2.24) is 4.90 Å². The van der Waals surface area contributed by atoms with Crippen LogP contribution in [0.5, 0.6) is 5.75 Å². The van der Waals surface area contributed by atoms with Gasteiger partial charge in [0.15, 0.2) is 0 Å². The molecular weight excluding hydrogens is 236 g/mol. The third-order valence-electron chi connectivity index (χ3n) is 4.22. The van der Waals surface area contributed by atoms with Crippen LogP contribution in [0.15, 0.2) is 24.3 Å². The minimum Gasteiger partial charge on any atom is -0.497 e. The Balaban J connectivity index is 1.86. The van der Waals surface area contributed by atoms with E-state index in [9.17, 15) is 0 Å². The summed E-state index contributed by atoms with van der Waals surface area (Å²) in [4.78, 5) is 2.56. The molecule has 106 valence electrons. The quantitative estimate of drug-likeness (QED) is 0.885. The van der Waals surface area contributed by atoms with Gasteiger partial charge in [-0.2, -0.15) is 0 Å². The van der Waals surface area contributed by atoms with Crippen molar-refractivity contribution in [3.63, 3.8) is 0 Å². The van der Waals surface area contributed by atoms with Gasteiger partial charge in [0.05, 0.1) is 7.11 Å². The predicted octanol–water partition coefficient (Wildman–Crippen LogP) is 2.30. The van der Waals surface area contributed by atoms with E-state index in [1.165, 1.54) is 24.9 Å². The minimum absolute atomic E-state index is 0.571. The van der Waals surface area contributed by atoms with E-state index in [0.717, 1.165) is 31.2 Å². The molecule has 1 aromatic carbocycles. The lowest BCUT2D eigenvalue weighted by Crippen LogP contribution is -2.46. The van der Waals surface area contributed by atoms with Crippen molar-refractivity contribution in [3.8, 4) is 5.75 Å². The van der Waals surface area contributed by atoms with Gasteiger partial charge in [0, 0.05) is 19.1 Å². The van der Waals surface area contributed by atoms with Crippen LogP contribution >= 0.6 is 0 Å². The first-order valence-corrected chi connectivity index (χ1v) is 7.30. The first-order chi connectivity index (χ1) is 9.22. The zero-order valence-electron chi connectivity index (χ0n) is 12.1. The third kappa shape index (κ3) is 3.95. The van der Waals surface area contributed by atoms with Gasteiger partial charge in [-0.1, -0.05) is 19.1 Å². The fraction of sp³-hybridized carbons (Fsp3) is 0.625. The fourth-order valence-corrected chi connectivity index (χ4v) is 2.90. The molecule has 1 aliphatic rings. The summed E-state index contributed by atoms with van der Waals surface area (Å²) in [5.41, 5.74) is 7.28. The standard InChI is InChI=1S/C16H26N2O/c1-13-7-9-18(15(11-13)12-17)10-8-14-3-5-16(19-2)6-4-14/h3-6,13,15H,7-12,17H2,1-2H3. The molecule has 3 heteroatoms. The first kappa shape index (κ1) is 14.4. The highest BCUT2D eigenvalue weighted by Gasteiger charge is 2.24. The van der Waals surface area contributed by atoms with Crippen LogP contribution in [0.4, 0.5) is 0 Å². The summed E-state index contributed by atoms with van der Waals surface area (Å²) < 4.78 is 5.18. The Morgan fingerprint density at radius 2 is 2.05 bits per heavy atom. The van der Waals surface area contributed by atoms with Crippen molar-refractivity contribution in [2.45, 2.75) is 32.2 Å². The molecule has 2 rings (SSSR count). The molecule has 1 saturated heterocycles. The van der Waals surface area contributed by atoms with Crippen LogP contribution in [-0.4, -0.2) is 37.7 Å². The molecule has 1 aromatic rings. The van der Waals surface area contributed by atoms with Gasteiger partial charge in [0.1, 0.15) is 5.75 Å². The molecule has 1 fully saturated rings. The number of methoxy groups -OCH3 is 1. The van der Waals surface area contributed by atoms with Gasteiger partial charge in [-0.25, -0.2) is 0 Å². The summed E-state index contributed by atoms with van der Waals surface area (Å²) in [6.07, 6.45) is 3.65. The molecule has 2 N–H and O–H groups in total. The van der Waals surface area contributed by atoms with E-state index in [1.807, 2.05) is 12.1 Å². The lowest BCUT2D eigenvalue weighted by molar-refractivity contribution is 0.124. The highest BCUT2D eigenvalue weighted by Crippen LogP contribution is 2.22. The molecule has 3 nitrogen and oxygen atoms in total. The topological polar surface area (TPSA) is 38.5 Å². The SMILES string of the molecule is COc1ccc(CCN2CCC(C)CC2CN)cc1. The average molecular weight is 262 g/mol. The molecule has 19 heavy (non-hydrogen) atoms. The lowest BCUT2D eigenvalue weighted by Gasteiger charge is -2.38. The Morgan fingerprint density at radius 3 is 2.68 bits per heavy atom. The van der Waals surface area contributed by atoms with Crippen molar-refractivity contribution < 1.29 is 4.74 Å². The summed E-state index contributed by atoms with van der Waals surface area (Å²) in [7, 11) is 1.70. The monoisotopic (exact) mass is 262 g/mol. The molecule has 2 atom stereocenters. The molecule has 0 radical (unpaired) electrons. The fourth-order valence-electron chi connectivity index (χ4n) is 2.90. The minimum atomic E-state index is 0.571. The van der Waals surface area contributed by atoms with Gasteiger partial charge in [-0.05, 0) is 49.4 Å². The zero-order valence-corrected chi connectivity index (χ0v) is 12.1. The number of benzene rings is 1. The van der Waals surface area contributed by atoms with Crippen molar-refractivity contribution in [2.75, 3.05) is 26.7 Å². The van der Waals surface area contributed by atoms with E-state index in [2.05, 4.69) is 24.0 Å². The molecule has 0 spiro atoms. The van der Waals surface area contributed by atoms with Crippen LogP contribution in [0.2, 0.25) is 0 Å². The van der Waals surface area contributed by atoms with Crippen molar-refractivity contribution in [2.24, 2.45) is 11.7 Å². The van der Waals surface area contributed by atoms with E-state index in [4.69, 9.17) is 10.5 Å². The number of nitrogens with two attached hydrogens (primary N) is 1. The van der Waals surface area contributed by atoms with Crippen LogP contribution in [0.3, 0.4) is 0 Å². The highest BCUT2D eigenvalue weighted by atomic mass is 16.5. The highest BCUT2D eigenvalue weighted by molar-refractivity contribution is 5.27. The van der Waals surface area contributed by atoms with E-state index in [1.54, 1.807) is 7.11 Å². The van der Waals surface area contributed by atoms with Gasteiger partial charge < -0.3 is 10.5 Å². The van der Waals surface area contributed by atoms with Gasteiger partial charge in [0.2, 0.25) is 0 Å². The van der Waals surface area contributed by atoms with Crippen molar-refractivity contribution in [3.05, 3.63) is 29.8 Å². The van der Waals surface area contributed by atoms with Crippen LogP contribution in [0.1, 0.15) is 25.3 Å². The van der Waals surface area contributed by atoms with Crippen LogP contribution in [0, 0.1) is 5.92 Å². The molecule has 0 aromatic heterocycles. The molecule has 0 amide bonds. The van der Waals surface area contributed by atoms with Crippen molar-refractivity contribution in [1.29, 1.82) is 0 Å². The Kier molecular flexibility index (Phi) is 5.23. The van der Waals surface area contributed by atoms with Crippen LogP contribution < -0.4 is 10.5 Å². The Hall–Kier alpha value is -1.06. The number of hydrogen-bond donors (Lipinski definition) is 1.